The summed E-state index contributed by atoms with van der Waals surface area (Å²) in [6.45, 7) is 8.57. The van der Waals surface area contributed by atoms with Gasteiger partial charge in [0.25, 0.3) is 5.91 Å². The number of esters is 1. The summed E-state index contributed by atoms with van der Waals surface area (Å²) in [5, 5.41) is 8.13. The quantitative estimate of drug-likeness (QED) is 0.606. The third-order valence-corrected chi connectivity index (χ3v) is 4.42. The Labute approximate surface area is 154 Å². The lowest BCUT2D eigenvalue weighted by Gasteiger charge is -2.28. The molecule has 0 radical (unpaired) electrons. The Morgan fingerprint density at radius 2 is 1.92 bits per heavy atom. The Bertz CT molecular complexity index is 774. The van der Waals surface area contributed by atoms with Gasteiger partial charge in [-0.2, -0.15) is 5.10 Å². The Morgan fingerprint density at radius 1 is 1.23 bits per heavy atom. The molecule has 2 aromatic rings. The van der Waals surface area contributed by atoms with Crippen LogP contribution in [0.4, 0.5) is 0 Å². The van der Waals surface area contributed by atoms with Crippen LogP contribution < -0.4 is 5.32 Å². The Kier molecular flexibility index (Phi) is 6.40. The van der Waals surface area contributed by atoms with Gasteiger partial charge in [-0.1, -0.05) is 58.7 Å². The molecule has 1 aromatic heterocycles. The summed E-state index contributed by atoms with van der Waals surface area (Å²) in [5.41, 5.74) is 0.803. The average molecular weight is 359 g/mol. The van der Waals surface area contributed by atoms with E-state index in [0.717, 1.165) is 36.7 Å². The number of ether oxygens (including phenoxy) is 1. The summed E-state index contributed by atoms with van der Waals surface area (Å²) >= 11 is 0. The van der Waals surface area contributed by atoms with Crippen LogP contribution in [0.5, 0.6) is 0 Å². The number of para-hydroxylation sites is 1. The van der Waals surface area contributed by atoms with E-state index < -0.39 is 17.4 Å². The van der Waals surface area contributed by atoms with Crippen molar-refractivity contribution < 1.29 is 14.3 Å². The standard InChI is InChI=1S/C20H29N3O3/c1-6-7-10-13-23-15-12-9-8-11-14(15)16(22-23)18(24)21-17(19(25)26-5)20(2,3)4/h8-9,11-12,17H,6-7,10,13H2,1-5H3,(H,21,24)/t17-/m1/s1. The van der Waals surface area contributed by atoms with Crippen molar-refractivity contribution in [2.45, 2.75) is 59.5 Å². The molecule has 6 heteroatoms. The van der Waals surface area contributed by atoms with Gasteiger partial charge in [-0.05, 0) is 17.9 Å². The fourth-order valence-corrected chi connectivity index (χ4v) is 2.92. The van der Waals surface area contributed by atoms with Crippen molar-refractivity contribution in [2.75, 3.05) is 7.11 Å². The molecule has 0 aliphatic carbocycles. The molecule has 0 spiro atoms. The molecule has 26 heavy (non-hydrogen) atoms. The summed E-state index contributed by atoms with van der Waals surface area (Å²) in [7, 11) is 1.32. The van der Waals surface area contributed by atoms with Crippen molar-refractivity contribution in [3.05, 3.63) is 30.0 Å². The van der Waals surface area contributed by atoms with Crippen LogP contribution in [-0.2, 0) is 16.1 Å². The Hall–Kier alpha value is -2.37. The van der Waals surface area contributed by atoms with Crippen LogP contribution >= 0.6 is 0 Å². The molecule has 0 fully saturated rings. The smallest absolute Gasteiger partial charge is 0.328 e. The van der Waals surface area contributed by atoms with Crippen LogP contribution in [0.2, 0.25) is 0 Å². The molecular formula is C20H29N3O3. The van der Waals surface area contributed by atoms with Crippen LogP contribution in [0.3, 0.4) is 0 Å². The second-order valence-corrected chi connectivity index (χ2v) is 7.59. The number of unbranched alkanes of at least 4 members (excludes halogenated alkanes) is 2. The van der Waals surface area contributed by atoms with Crippen molar-refractivity contribution in [3.63, 3.8) is 0 Å². The number of methoxy groups -OCH3 is 1. The number of carbonyl (C=O) groups excluding carboxylic acids is 2. The van der Waals surface area contributed by atoms with Gasteiger partial charge in [0.2, 0.25) is 0 Å². The number of fused-ring (bicyclic) bond motifs is 1. The molecule has 1 amide bonds. The molecule has 1 aromatic carbocycles. The molecule has 0 saturated heterocycles. The minimum atomic E-state index is -0.746. The number of aryl methyl sites for hydroxylation is 1. The van der Waals surface area contributed by atoms with E-state index in [1.807, 2.05) is 49.7 Å². The number of carbonyl (C=O) groups is 2. The molecule has 142 valence electrons. The number of aromatic nitrogens is 2. The van der Waals surface area contributed by atoms with Gasteiger partial charge >= 0.3 is 5.97 Å². The highest BCUT2D eigenvalue weighted by molar-refractivity contribution is 6.06. The molecule has 0 unspecified atom stereocenters. The van der Waals surface area contributed by atoms with Gasteiger partial charge in [0.05, 0.1) is 12.6 Å². The third kappa shape index (κ3) is 4.42. The molecule has 6 nitrogen and oxygen atoms in total. The monoisotopic (exact) mass is 359 g/mol. The molecule has 1 N–H and O–H groups in total. The van der Waals surface area contributed by atoms with E-state index in [-0.39, 0.29) is 5.91 Å². The Balaban J connectivity index is 2.33. The number of nitrogens with zero attached hydrogens (tertiary/aromatic N) is 2. The number of hydrogen-bond acceptors (Lipinski definition) is 4. The topological polar surface area (TPSA) is 73.2 Å². The van der Waals surface area contributed by atoms with Crippen LogP contribution in [0.1, 0.15) is 57.4 Å². The maximum absolute atomic E-state index is 12.9. The predicted octanol–water partition coefficient (Wildman–Crippen LogP) is 3.54. The number of hydrogen-bond donors (Lipinski definition) is 1. The molecular weight excluding hydrogens is 330 g/mol. The van der Waals surface area contributed by atoms with Crippen LogP contribution in [0.25, 0.3) is 10.9 Å². The third-order valence-electron chi connectivity index (χ3n) is 4.42. The average Bonchev–Trinajstić information content (AvgIpc) is 2.97. The van der Waals surface area contributed by atoms with Crippen molar-refractivity contribution >= 4 is 22.8 Å². The number of rotatable bonds is 7. The van der Waals surface area contributed by atoms with Gasteiger partial charge in [0, 0.05) is 11.9 Å². The summed E-state index contributed by atoms with van der Waals surface area (Å²) in [4.78, 5) is 25.0. The molecule has 0 bridgehead atoms. The number of benzene rings is 1. The van der Waals surface area contributed by atoms with Crippen molar-refractivity contribution in [1.29, 1.82) is 0 Å². The first kappa shape index (κ1) is 19.9. The van der Waals surface area contributed by atoms with Crippen LogP contribution in [0, 0.1) is 5.41 Å². The molecule has 0 aliphatic heterocycles. The van der Waals surface area contributed by atoms with E-state index in [1.54, 1.807) is 0 Å². The highest BCUT2D eigenvalue weighted by Gasteiger charge is 2.34. The lowest BCUT2D eigenvalue weighted by Crippen LogP contribution is -2.49. The molecule has 1 heterocycles. The van der Waals surface area contributed by atoms with Crippen LogP contribution in [0.15, 0.2) is 24.3 Å². The zero-order valence-electron chi connectivity index (χ0n) is 16.3. The number of amides is 1. The maximum Gasteiger partial charge on any atom is 0.328 e. The summed E-state index contributed by atoms with van der Waals surface area (Å²) < 4.78 is 6.73. The zero-order valence-corrected chi connectivity index (χ0v) is 16.3. The van der Waals surface area contributed by atoms with E-state index in [0.29, 0.717) is 5.69 Å². The van der Waals surface area contributed by atoms with Crippen molar-refractivity contribution in [2.24, 2.45) is 5.41 Å². The zero-order chi connectivity index (χ0) is 19.3. The van der Waals surface area contributed by atoms with E-state index in [1.165, 1.54) is 7.11 Å². The number of nitrogens with one attached hydrogen (secondary N) is 1. The maximum atomic E-state index is 12.9. The van der Waals surface area contributed by atoms with E-state index >= 15 is 0 Å². The first-order valence-electron chi connectivity index (χ1n) is 9.13. The lowest BCUT2D eigenvalue weighted by molar-refractivity contribution is -0.145. The first-order valence-corrected chi connectivity index (χ1v) is 9.13. The van der Waals surface area contributed by atoms with Gasteiger partial charge < -0.3 is 10.1 Å². The lowest BCUT2D eigenvalue weighted by atomic mass is 9.86. The van der Waals surface area contributed by atoms with Gasteiger partial charge in [-0.15, -0.1) is 0 Å². The van der Waals surface area contributed by atoms with Crippen molar-refractivity contribution in [1.82, 2.24) is 15.1 Å². The highest BCUT2D eigenvalue weighted by atomic mass is 16.5. The van der Waals surface area contributed by atoms with Gasteiger partial charge in [0.1, 0.15) is 6.04 Å². The fraction of sp³-hybridized carbons (Fsp3) is 0.550. The summed E-state index contributed by atoms with van der Waals surface area (Å²) in [6, 6.07) is 6.93. The second-order valence-electron chi connectivity index (χ2n) is 7.59. The highest BCUT2D eigenvalue weighted by Crippen LogP contribution is 2.23. The first-order chi connectivity index (χ1) is 12.3. The minimum absolute atomic E-state index is 0.343. The fourth-order valence-electron chi connectivity index (χ4n) is 2.92. The normalized spacial score (nSPS) is 12.8. The minimum Gasteiger partial charge on any atom is -0.467 e. The predicted molar refractivity (Wildman–Crippen MR) is 102 cm³/mol. The van der Waals surface area contributed by atoms with E-state index in [4.69, 9.17) is 4.74 Å². The molecule has 1 atom stereocenters. The van der Waals surface area contributed by atoms with Gasteiger partial charge in [-0.25, -0.2) is 4.79 Å². The van der Waals surface area contributed by atoms with Crippen molar-refractivity contribution in [3.8, 4) is 0 Å². The van der Waals surface area contributed by atoms with Gasteiger partial charge in [-0.3, -0.25) is 9.48 Å². The van der Waals surface area contributed by atoms with Gasteiger partial charge in [0.15, 0.2) is 5.69 Å². The largest absolute Gasteiger partial charge is 0.467 e. The van der Waals surface area contributed by atoms with E-state index in [9.17, 15) is 9.59 Å². The van der Waals surface area contributed by atoms with Crippen LogP contribution in [-0.4, -0.2) is 34.8 Å². The summed E-state index contributed by atoms with van der Waals surface area (Å²) in [5.74, 6) is -0.821. The Morgan fingerprint density at radius 3 is 2.54 bits per heavy atom. The SMILES string of the molecule is CCCCCn1nc(C(=O)N[C@H](C(=O)OC)C(C)(C)C)c2ccccc21. The second kappa shape index (κ2) is 8.34. The molecule has 0 saturated carbocycles. The van der Waals surface area contributed by atoms with E-state index in [2.05, 4.69) is 17.3 Å². The molecule has 2 rings (SSSR count). The molecule has 0 aliphatic rings. The summed E-state index contributed by atoms with van der Waals surface area (Å²) in [6.07, 6.45) is 3.25.